The molecule has 0 spiro atoms. The summed E-state index contributed by atoms with van der Waals surface area (Å²) in [6.07, 6.45) is 1.68. The van der Waals surface area contributed by atoms with Crippen molar-refractivity contribution in [3.05, 3.63) is 10.7 Å². The molecule has 1 unspecified atom stereocenters. The molecule has 1 aromatic heterocycles. The fraction of sp³-hybridized carbons (Fsp3) is 0.556. The van der Waals surface area contributed by atoms with Crippen LogP contribution in [-0.2, 0) is 4.74 Å². The first kappa shape index (κ1) is 13.1. The van der Waals surface area contributed by atoms with Gasteiger partial charge in [-0.3, -0.25) is 0 Å². The molecule has 1 heterocycles. The van der Waals surface area contributed by atoms with Crippen LogP contribution in [0.4, 0.5) is 11.8 Å². The van der Waals surface area contributed by atoms with Gasteiger partial charge in [0.05, 0.1) is 17.2 Å². The van der Waals surface area contributed by atoms with Crippen LogP contribution in [0, 0.1) is 0 Å². The molecule has 0 aliphatic heterocycles. The Kier molecular flexibility index (Phi) is 5.44. The zero-order chi connectivity index (χ0) is 12.0. The molecular formula is C9H15BrN4O2. The molecule has 1 rings (SSSR count). The van der Waals surface area contributed by atoms with Gasteiger partial charge in [-0.2, -0.15) is 4.98 Å². The van der Waals surface area contributed by atoms with E-state index >= 15 is 0 Å². The standard InChI is InChI=1S/C9H15BrN4O2/c1-16-5-6(15)2-3-12-8-7(10)4-13-9(11)14-8/h4,6,15H,2-3,5H2,1H3,(H3,11,12,13,14). The summed E-state index contributed by atoms with van der Waals surface area (Å²) in [6.45, 7) is 0.911. The van der Waals surface area contributed by atoms with Crippen molar-refractivity contribution in [2.24, 2.45) is 0 Å². The molecule has 0 aliphatic rings. The molecule has 16 heavy (non-hydrogen) atoms. The Labute approximate surface area is 102 Å². The van der Waals surface area contributed by atoms with Gasteiger partial charge >= 0.3 is 0 Å². The van der Waals surface area contributed by atoms with Crippen molar-refractivity contribution >= 4 is 27.7 Å². The summed E-state index contributed by atoms with van der Waals surface area (Å²) in [5.41, 5.74) is 5.45. The van der Waals surface area contributed by atoms with E-state index in [1.807, 2.05) is 0 Å². The number of aromatic nitrogens is 2. The number of methoxy groups -OCH3 is 1. The highest BCUT2D eigenvalue weighted by Gasteiger charge is 2.05. The zero-order valence-electron chi connectivity index (χ0n) is 8.98. The minimum atomic E-state index is -0.476. The highest BCUT2D eigenvalue weighted by atomic mass is 79.9. The van der Waals surface area contributed by atoms with Crippen LogP contribution in [-0.4, -0.2) is 41.4 Å². The summed E-state index contributed by atoms with van der Waals surface area (Å²) in [7, 11) is 1.55. The van der Waals surface area contributed by atoms with Gasteiger partial charge in [0.25, 0.3) is 0 Å². The van der Waals surface area contributed by atoms with E-state index in [1.54, 1.807) is 13.3 Å². The molecule has 0 radical (unpaired) electrons. The number of anilines is 2. The molecule has 4 N–H and O–H groups in total. The monoisotopic (exact) mass is 290 g/mol. The van der Waals surface area contributed by atoms with Crippen molar-refractivity contribution in [1.82, 2.24) is 9.97 Å². The summed E-state index contributed by atoms with van der Waals surface area (Å²) < 4.78 is 5.56. The second-order valence-corrected chi connectivity index (χ2v) is 4.10. The van der Waals surface area contributed by atoms with E-state index in [4.69, 9.17) is 10.5 Å². The molecule has 0 saturated carbocycles. The Hall–Kier alpha value is -0.920. The zero-order valence-corrected chi connectivity index (χ0v) is 10.6. The van der Waals surface area contributed by atoms with Gasteiger partial charge in [-0.1, -0.05) is 0 Å². The minimum Gasteiger partial charge on any atom is -0.391 e. The summed E-state index contributed by atoms with van der Waals surface area (Å²) in [5.74, 6) is 0.834. The summed E-state index contributed by atoms with van der Waals surface area (Å²) in [5, 5.41) is 12.5. The van der Waals surface area contributed by atoms with Crippen LogP contribution in [0.5, 0.6) is 0 Å². The number of nitrogen functional groups attached to an aromatic ring is 1. The predicted molar refractivity (Wildman–Crippen MR) is 65.1 cm³/mol. The lowest BCUT2D eigenvalue weighted by Crippen LogP contribution is -2.19. The molecule has 7 heteroatoms. The average molecular weight is 291 g/mol. The summed E-state index contributed by atoms with van der Waals surface area (Å²) >= 11 is 3.30. The maximum Gasteiger partial charge on any atom is 0.221 e. The van der Waals surface area contributed by atoms with Gasteiger partial charge in [0.2, 0.25) is 5.95 Å². The van der Waals surface area contributed by atoms with Crippen LogP contribution in [0.1, 0.15) is 6.42 Å². The topological polar surface area (TPSA) is 93.3 Å². The molecule has 0 aliphatic carbocycles. The third-order valence-corrected chi connectivity index (χ3v) is 2.47. The summed E-state index contributed by atoms with van der Waals surface area (Å²) in [4.78, 5) is 7.83. The third kappa shape index (κ3) is 4.30. The number of hydrogen-bond acceptors (Lipinski definition) is 6. The first-order valence-corrected chi connectivity index (χ1v) is 5.61. The predicted octanol–water partition coefficient (Wildman–Crippen LogP) is 0.631. The highest BCUT2D eigenvalue weighted by Crippen LogP contribution is 2.18. The molecule has 1 atom stereocenters. The van der Waals surface area contributed by atoms with Crippen molar-refractivity contribution in [3.63, 3.8) is 0 Å². The quantitative estimate of drug-likeness (QED) is 0.712. The summed E-state index contributed by atoms with van der Waals surface area (Å²) in [6, 6.07) is 0. The SMILES string of the molecule is COCC(O)CCNc1nc(N)ncc1Br. The molecule has 90 valence electrons. The molecule has 1 aromatic rings. The Morgan fingerprint density at radius 3 is 3.12 bits per heavy atom. The maximum atomic E-state index is 9.42. The van der Waals surface area contributed by atoms with E-state index in [0.717, 1.165) is 4.47 Å². The number of rotatable bonds is 6. The number of hydrogen-bond donors (Lipinski definition) is 3. The van der Waals surface area contributed by atoms with E-state index in [9.17, 15) is 5.11 Å². The fourth-order valence-corrected chi connectivity index (χ4v) is 1.47. The van der Waals surface area contributed by atoms with E-state index in [2.05, 4.69) is 31.2 Å². The molecule has 0 fully saturated rings. The number of aliphatic hydroxyl groups excluding tert-OH is 1. The van der Waals surface area contributed by atoms with Crippen molar-refractivity contribution in [3.8, 4) is 0 Å². The van der Waals surface area contributed by atoms with E-state index in [1.165, 1.54) is 0 Å². The third-order valence-electron chi connectivity index (χ3n) is 1.89. The van der Waals surface area contributed by atoms with E-state index in [-0.39, 0.29) is 5.95 Å². The van der Waals surface area contributed by atoms with Crippen molar-refractivity contribution in [2.75, 3.05) is 31.3 Å². The average Bonchev–Trinajstić information content (AvgIpc) is 2.23. The van der Waals surface area contributed by atoms with Crippen molar-refractivity contribution < 1.29 is 9.84 Å². The van der Waals surface area contributed by atoms with Crippen LogP contribution in [0.2, 0.25) is 0 Å². The van der Waals surface area contributed by atoms with Crippen molar-refractivity contribution in [2.45, 2.75) is 12.5 Å². The second-order valence-electron chi connectivity index (χ2n) is 3.25. The maximum absolute atomic E-state index is 9.42. The number of aliphatic hydroxyl groups is 1. The second kappa shape index (κ2) is 6.62. The molecule has 0 saturated heterocycles. The van der Waals surface area contributed by atoms with E-state index < -0.39 is 6.10 Å². The fourth-order valence-electron chi connectivity index (χ4n) is 1.14. The minimum absolute atomic E-state index is 0.211. The molecule has 0 amide bonds. The van der Waals surface area contributed by atoms with Crippen LogP contribution in [0.25, 0.3) is 0 Å². The Morgan fingerprint density at radius 1 is 1.69 bits per heavy atom. The number of nitrogens with zero attached hydrogens (tertiary/aromatic N) is 2. The van der Waals surface area contributed by atoms with Gasteiger partial charge in [0, 0.05) is 19.9 Å². The van der Waals surface area contributed by atoms with Crippen LogP contribution in [0.3, 0.4) is 0 Å². The Bertz CT molecular complexity index is 337. The molecule has 0 bridgehead atoms. The number of nitrogens with two attached hydrogens (primary N) is 1. The van der Waals surface area contributed by atoms with Crippen molar-refractivity contribution in [1.29, 1.82) is 0 Å². The Balaban J connectivity index is 2.39. The molecule has 6 nitrogen and oxygen atoms in total. The lowest BCUT2D eigenvalue weighted by Gasteiger charge is -2.11. The van der Waals surface area contributed by atoms with Gasteiger partial charge in [0.1, 0.15) is 5.82 Å². The first-order chi connectivity index (χ1) is 7.63. The van der Waals surface area contributed by atoms with Crippen LogP contribution < -0.4 is 11.1 Å². The largest absolute Gasteiger partial charge is 0.391 e. The van der Waals surface area contributed by atoms with Crippen LogP contribution in [0.15, 0.2) is 10.7 Å². The van der Waals surface area contributed by atoms with Gasteiger partial charge < -0.3 is 20.9 Å². The van der Waals surface area contributed by atoms with Gasteiger partial charge in [-0.15, -0.1) is 0 Å². The number of nitrogens with one attached hydrogen (secondary N) is 1. The lowest BCUT2D eigenvalue weighted by molar-refractivity contribution is 0.0615. The van der Waals surface area contributed by atoms with E-state index in [0.29, 0.717) is 25.4 Å². The van der Waals surface area contributed by atoms with Crippen LogP contribution >= 0.6 is 15.9 Å². The first-order valence-electron chi connectivity index (χ1n) is 4.82. The van der Waals surface area contributed by atoms with Gasteiger partial charge in [0.15, 0.2) is 0 Å². The highest BCUT2D eigenvalue weighted by molar-refractivity contribution is 9.10. The Morgan fingerprint density at radius 2 is 2.44 bits per heavy atom. The molecule has 0 aromatic carbocycles. The smallest absolute Gasteiger partial charge is 0.221 e. The number of halogens is 1. The van der Waals surface area contributed by atoms with Gasteiger partial charge in [-0.25, -0.2) is 4.98 Å². The number of ether oxygens (including phenoxy) is 1. The van der Waals surface area contributed by atoms with Gasteiger partial charge in [-0.05, 0) is 22.4 Å². The normalized spacial score (nSPS) is 12.4. The lowest BCUT2D eigenvalue weighted by atomic mass is 10.2. The molecular weight excluding hydrogens is 276 g/mol.